The minimum absolute atomic E-state index is 0.259. The number of aromatic nitrogens is 2. The number of nitrogens with zero attached hydrogens (tertiary/aromatic N) is 3. The predicted molar refractivity (Wildman–Crippen MR) is 81.8 cm³/mol. The van der Waals surface area contributed by atoms with Crippen LogP contribution in [-0.4, -0.2) is 9.78 Å². The van der Waals surface area contributed by atoms with Crippen molar-refractivity contribution in [3.8, 4) is 11.9 Å². The maximum atomic E-state index is 9.17. The highest BCUT2D eigenvalue weighted by Crippen LogP contribution is 2.24. The van der Waals surface area contributed by atoms with Crippen molar-refractivity contribution in [2.75, 3.05) is 5.73 Å². The van der Waals surface area contributed by atoms with E-state index in [4.69, 9.17) is 15.7 Å². The maximum Gasteiger partial charge on any atom is 0.253 e. The van der Waals surface area contributed by atoms with Gasteiger partial charge in [0.1, 0.15) is 18.5 Å². The normalized spacial score (nSPS) is 10.1. The van der Waals surface area contributed by atoms with Crippen LogP contribution in [0.3, 0.4) is 0 Å². The smallest absolute Gasteiger partial charge is 0.253 e. The lowest BCUT2D eigenvalue weighted by molar-refractivity contribution is 0.289. The highest BCUT2D eigenvalue weighted by molar-refractivity contribution is 5.55. The number of ether oxygens (including phenoxy) is 1. The third-order valence-electron chi connectivity index (χ3n) is 3.32. The van der Waals surface area contributed by atoms with E-state index in [0.29, 0.717) is 19.0 Å². The minimum atomic E-state index is 0.259. The van der Waals surface area contributed by atoms with Crippen molar-refractivity contribution in [1.82, 2.24) is 9.78 Å². The van der Waals surface area contributed by atoms with E-state index in [1.165, 1.54) is 15.8 Å². The van der Waals surface area contributed by atoms with Gasteiger partial charge in [0.05, 0.1) is 6.54 Å². The molecule has 108 valence electrons. The monoisotopic (exact) mass is 282 g/mol. The van der Waals surface area contributed by atoms with Crippen molar-refractivity contribution < 1.29 is 4.74 Å². The Labute approximate surface area is 124 Å². The fraction of sp³-hybridized carbons (Fsp3) is 0.250. The lowest BCUT2D eigenvalue weighted by Gasteiger charge is -2.06. The highest BCUT2D eigenvalue weighted by atomic mass is 16.5. The van der Waals surface area contributed by atoms with E-state index >= 15 is 0 Å². The van der Waals surface area contributed by atoms with Gasteiger partial charge in [0.15, 0.2) is 5.56 Å². The number of hydrogen-bond acceptors (Lipinski definition) is 4. The molecule has 0 bridgehead atoms. The average molecular weight is 282 g/mol. The van der Waals surface area contributed by atoms with Crippen molar-refractivity contribution in [3.05, 3.63) is 53.1 Å². The van der Waals surface area contributed by atoms with Crippen molar-refractivity contribution in [2.45, 2.75) is 27.0 Å². The Morgan fingerprint density at radius 3 is 2.81 bits per heavy atom. The second kappa shape index (κ2) is 6.14. The summed E-state index contributed by atoms with van der Waals surface area (Å²) in [5, 5.41) is 13.4. The molecule has 0 unspecified atom stereocenters. The molecular formula is C16H18N4O. The quantitative estimate of drug-likeness (QED) is 0.855. The van der Waals surface area contributed by atoms with Gasteiger partial charge in [0.2, 0.25) is 0 Å². The molecule has 2 aromatic rings. The van der Waals surface area contributed by atoms with Crippen LogP contribution in [0.25, 0.3) is 0 Å². The minimum Gasteiger partial charge on any atom is -0.471 e. The first-order valence-electron chi connectivity index (χ1n) is 6.63. The number of benzene rings is 1. The van der Waals surface area contributed by atoms with Crippen LogP contribution in [-0.2, 0) is 13.2 Å². The van der Waals surface area contributed by atoms with Crippen LogP contribution in [0.15, 0.2) is 30.9 Å². The molecule has 0 saturated heterocycles. The number of rotatable bonds is 5. The summed E-state index contributed by atoms with van der Waals surface area (Å²) in [6, 6.07) is 8.14. The Hall–Kier alpha value is -2.74. The van der Waals surface area contributed by atoms with Gasteiger partial charge in [-0.1, -0.05) is 24.3 Å². The topological polar surface area (TPSA) is 76.9 Å². The molecule has 0 radical (unpaired) electrons. The largest absolute Gasteiger partial charge is 0.471 e. The first-order valence-corrected chi connectivity index (χ1v) is 6.63. The van der Waals surface area contributed by atoms with Crippen molar-refractivity contribution in [3.63, 3.8) is 0 Å². The van der Waals surface area contributed by atoms with E-state index in [9.17, 15) is 0 Å². The lowest BCUT2D eigenvalue weighted by atomic mass is 10.1. The van der Waals surface area contributed by atoms with Crippen LogP contribution in [0.4, 0.5) is 5.82 Å². The van der Waals surface area contributed by atoms with Gasteiger partial charge in [-0.05, 0) is 30.5 Å². The van der Waals surface area contributed by atoms with Crippen LogP contribution in [0, 0.1) is 25.2 Å². The number of nitriles is 1. The zero-order chi connectivity index (χ0) is 15.4. The lowest BCUT2D eigenvalue weighted by Crippen LogP contribution is -2.03. The molecule has 0 fully saturated rings. The van der Waals surface area contributed by atoms with E-state index < -0.39 is 0 Å². The first kappa shape index (κ1) is 14.7. The molecule has 21 heavy (non-hydrogen) atoms. The van der Waals surface area contributed by atoms with Crippen LogP contribution < -0.4 is 10.5 Å². The molecule has 2 rings (SSSR count). The molecule has 0 aliphatic heterocycles. The van der Waals surface area contributed by atoms with E-state index in [0.717, 1.165) is 5.56 Å². The van der Waals surface area contributed by atoms with Crippen molar-refractivity contribution in [2.24, 2.45) is 0 Å². The number of anilines is 1. The molecule has 1 heterocycles. The van der Waals surface area contributed by atoms with Gasteiger partial charge in [0, 0.05) is 0 Å². The molecule has 0 spiro atoms. The van der Waals surface area contributed by atoms with Gasteiger partial charge in [-0.15, -0.1) is 11.7 Å². The standard InChI is InChI=1S/C16H18N4O/c1-4-7-20-15(18)14(9-17)16(19-20)21-10-13-6-5-11(2)12(3)8-13/h4-6,8H,1,7,10,18H2,2-3H3. The summed E-state index contributed by atoms with van der Waals surface area (Å²) in [5.41, 5.74) is 9.59. The first-order chi connectivity index (χ1) is 10.1. The number of aryl methyl sites for hydroxylation is 2. The van der Waals surface area contributed by atoms with Crippen LogP contribution in [0.1, 0.15) is 22.3 Å². The van der Waals surface area contributed by atoms with Gasteiger partial charge >= 0.3 is 0 Å². The second-order valence-corrected chi connectivity index (χ2v) is 4.86. The maximum absolute atomic E-state index is 9.17. The van der Waals surface area contributed by atoms with Crippen LogP contribution in [0.2, 0.25) is 0 Å². The fourth-order valence-electron chi connectivity index (χ4n) is 1.96. The van der Waals surface area contributed by atoms with Gasteiger partial charge in [-0.2, -0.15) is 5.26 Å². The Balaban J connectivity index is 2.19. The van der Waals surface area contributed by atoms with E-state index in [1.807, 2.05) is 18.2 Å². The molecule has 0 saturated carbocycles. The zero-order valence-corrected chi connectivity index (χ0v) is 12.3. The summed E-state index contributed by atoms with van der Waals surface area (Å²) in [4.78, 5) is 0. The summed E-state index contributed by atoms with van der Waals surface area (Å²) in [6.07, 6.45) is 1.66. The van der Waals surface area contributed by atoms with Crippen molar-refractivity contribution >= 4 is 5.82 Å². The van der Waals surface area contributed by atoms with E-state index in [1.54, 1.807) is 6.08 Å². The fourth-order valence-corrected chi connectivity index (χ4v) is 1.96. The molecule has 0 aliphatic rings. The summed E-state index contributed by atoms with van der Waals surface area (Å²) in [7, 11) is 0. The SMILES string of the molecule is C=CCn1nc(OCc2ccc(C)c(C)c2)c(C#N)c1N. The molecular weight excluding hydrogens is 264 g/mol. The van der Waals surface area contributed by atoms with Gasteiger partial charge < -0.3 is 10.5 Å². The van der Waals surface area contributed by atoms with Gasteiger partial charge in [0.25, 0.3) is 5.88 Å². The van der Waals surface area contributed by atoms with Gasteiger partial charge in [-0.25, -0.2) is 4.68 Å². The Morgan fingerprint density at radius 2 is 2.19 bits per heavy atom. The number of hydrogen-bond donors (Lipinski definition) is 1. The molecule has 1 aromatic heterocycles. The Kier molecular flexibility index (Phi) is 4.29. The predicted octanol–water partition coefficient (Wildman–Crippen LogP) is 2.72. The number of nitrogen functional groups attached to an aromatic ring is 1. The third kappa shape index (κ3) is 3.06. The Morgan fingerprint density at radius 1 is 1.43 bits per heavy atom. The average Bonchev–Trinajstić information content (AvgIpc) is 2.76. The number of allylic oxidation sites excluding steroid dienone is 1. The molecule has 0 atom stereocenters. The summed E-state index contributed by atoms with van der Waals surface area (Å²) < 4.78 is 7.15. The number of nitrogens with two attached hydrogens (primary N) is 1. The van der Waals surface area contributed by atoms with Crippen LogP contribution >= 0.6 is 0 Å². The third-order valence-corrected chi connectivity index (χ3v) is 3.32. The molecule has 0 amide bonds. The molecule has 2 N–H and O–H groups in total. The van der Waals surface area contributed by atoms with Crippen LogP contribution in [0.5, 0.6) is 5.88 Å². The summed E-state index contributed by atoms with van der Waals surface area (Å²) >= 11 is 0. The molecule has 5 heteroatoms. The van der Waals surface area contributed by atoms with E-state index in [-0.39, 0.29) is 11.4 Å². The highest BCUT2D eigenvalue weighted by Gasteiger charge is 2.16. The molecule has 5 nitrogen and oxygen atoms in total. The Bertz CT molecular complexity index is 710. The van der Waals surface area contributed by atoms with Gasteiger partial charge in [-0.3, -0.25) is 0 Å². The summed E-state index contributed by atoms with van der Waals surface area (Å²) in [5.74, 6) is 0.558. The van der Waals surface area contributed by atoms with Crippen molar-refractivity contribution in [1.29, 1.82) is 5.26 Å². The zero-order valence-electron chi connectivity index (χ0n) is 12.3. The second-order valence-electron chi connectivity index (χ2n) is 4.86. The summed E-state index contributed by atoms with van der Waals surface area (Å²) in [6.45, 7) is 8.53. The molecule has 1 aromatic carbocycles. The molecule has 0 aliphatic carbocycles. The van der Waals surface area contributed by atoms with E-state index in [2.05, 4.69) is 31.6 Å².